The summed E-state index contributed by atoms with van der Waals surface area (Å²) in [6.07, 6.45) is -4.42. The second-order valence-corrected chi connectivity index (χ2v) is 9.32. The van der Waals surface area contributed by atoms with Crippen LogP contribution in [0.1, 0.15) is 38.6 Å². The molecular formula is C18H23F3N4O4S. The molecule has 1 aromatic heterocycles. The molecule has 1 aliphatic rings. The van der Waals surface area contributed by atoms with Crippen molar-refractivity contribution in [1.82, 2.24) is 18.7 Å². The summed E-state index contributed by atoms with van der Waals surface area (Å²) in [6, 6.07) is 5.46. The molecule has 0 bridgehead atoms. The van der Waals surface area contributed by atoms with Gasteiger partial charge in [0, 0.05) is 20.1 Å². The van der Waals surface area contributed by atoms with Crippen molar-refractivity contribution in [2.24, 2.45) is 7.05 Å². The van der Waals surface area contributed by atoms with Crippen LogP contribution in [0.2, 0.25) is 0 Å². The van der Waals surface area contributed by atoms with Crippen LogP contribution in [0, 0.1) is 0 Å². The summed E-state index contributed by atoms with van der Waals surface area (Å²) < 4.78 is 72.7. The van der Waals surface area contributed by atoms with E-state index >= 15 is 0 Å². The minimum atomic E-state index is -4.74. The summed E-state index contributed by atoms with van der Waals surface area (Å²) in [6.45, 7) is 3.86. The van der Waals surface area contributed by atoms with Gasteiger partial charge in [-0.1, -0.05) is 0 Å². The average Bonchev–Trinajstić information content (AvgIpc) is 2.97. The molecule has 0 N–H and O–H groups in total. The van der Waals surface area contributed by atoms with E-state index in [-0.39, 0.29) is 36.9 Å². The summed E-state index contributed by atoms with van der Waals surface area (Å²) in [5.41, 5.74) is -0.871. The normalized spacial score (nSPS) is 16.9. The van der Waals surface area contributed by atoms with Crippen molar-refractivity contribution < 1.29 is 26.3 Å². The van der Waals surface area contributed by atoms with Gasteiger partial charge in [-0.15, -0.1) is 5.10 Å². The Balaban J connectivity index is 1.73. The Bertz CT molecular complexity index is 1050. The fourth-order valence-electron chi connectivity index (χ4n) is 3.38. The summed E-state index contributed by atoms with van der Waals surface area (Å²) in [5, 5.41) is 3.44. The molecule has 1 fully saturated rings. The van der Waals surface area contributed by atoms with E-state index in [4.69, 9.17) is 4.74 Å². The Morgan fingerprint density at radius 2 is 1.70 bits per heavy atom. The van der Waals surface area contributed by atoms with Crippen LogP contribution in [0.5, 0.6) is 5.75 Å². The molecule has 3 rings (SSSR count). The molecule has 8 nitrogen and oxygen atoms in total. The van der Waals surface area contributed by atoms with E-state index in [9.17, 15) is 26.4 Å². The highest BCUT2D eigenvalue weighted by atomic mass is 32.2. The van der Waals surface area contributed by atoms with Gasteiger partial charge in [0.1, 0.15) is 5.75 Å². The maximum absolute atomic E-state index is 13.0. The third kappa shape index (κ3) is 4.38. The van der Waals surface area contributed by atoms with Crippen molar-refractivity contribution in [3.05, 3.63) is 40.6 Å². The van der Waals surface area contributed by atoms with Crippen LogP contribution in [-0.4, -0.2) is 46.3 Å². The number of benzene rings is 1. The van der Waals surface area contributed by atoms with Crippen molar-refractivity contribution in [2.45, 2.75) is 49.9 Å². The third-order valence-electron chi connectivity index (χ3n) is 4.86. The van der Waals surface area contributed by atoms with E-state index in [0.717, 1.165) is 11.7 Å². The van der Waals surface area contributed by atoms with Gasteiger partial charge in [-0.2, -0.15) is 17.5 Å². The second kappa shape index (κ2) is 8.06. The first-order valence-electron chi connectivity index (χ1n) is 9.41. The molecule has 2 heterocycles. The fourth-order valence-corrected chi connectivity index (χ4v) is 4.85. The van der Waals surface area contributed by atoms with Crippen LogP contribution >= 0.6 is 0 Å². The van der Waals surface area contributed by atoms with E-state index in [1.54, 1.807) is 12.1 Å². The molecule has 1 aromatic carbocycles. The average molecular weight is 448 g/mol. The first-order chi connectivity index (χ1) is 13.9. The van der Waals surface area contributed by atoms with Gasteiger partial charge >= 0.3 is 11.9 Å². The molecule has 0 radical (unpaired) electrons. The van der Waals surface area contributed by atoms with E-state index in [2.05, 4.69) is 5.10 Å². The van der Waals surface area contributed by atoms with Gasteiger partial charge in [0.25, 0.3) is 0 Å². The van der Waals surface area contributed by atoms with Crippen LogP contribution in [0.15, 0.2) is 34.0 Å². The molecule has 166 valence electrons. The number of nitrogens with zero attached hydrogens (tertiary/aromatic N) is 4. The first-order valence-corrected chi connectivity index (χ1v) is 10.8. The van der Waals surface area contributed by atoms with Gasteiger partial charge in [-0.25, -0.2) is 17.9 Å². The molecule has 0 amide bonds. The van der Waals surface area contributed by atoms with Gasteiger partial charge in [0.15, 0.2) is 0 Å². The molecule has 0 spiro atoms. The molecule has 30 heavy (non-hydrogen) atoms. The zero-order valence-electron chi connectivity index (χ0n) is 16.8. The van der Waals surface area contributed by atoms with Crippen molar-refractivity contribution in [3.63, 3.8) is 0 Å². The zero-order chi connectivity index (χ0) is 22.3. The molecule has 0 unspecified atom stereocenters. The standard InChI is InChI=1S/C18H23F3N4O4S/c1-12(2)29-14-4-6-15(7-5-14)30(27,28)24-10-8-13(9-11-24)25-17(26)23(3)16(22-25)18(19,20)21/h4-7,12-13H,8-11H2,1-3H3. The number of hydrogen-bond acceptors (Lipinski definition) is 5. The SMILES string of the molecule is CC(C)Oc1ccc(S(=O)(=O)N2CCC(n3nc(C(F)(F)F)n(C)c3=O)CC2)cc1. The van der Waals surface area contributed by atoms with Crippen molar-refractivity contribution >= 4 is 10.0 Å². The maximum atomic E-state index is 13.0. The Kier molecular flexibility index (Phi) is 6.01. The number of piperidine rings is 1. The van der Waals surface area contributed by atoms with Gasteiger partial charge < -0.3 is 4.74 Å². The van der Waals surface area contributed by atoms with Gasteiger partial charge in [-0.05, 0) is 51.0 Å². The molecule has 0 aliphatic carbocycles. The molecule has 1 saturated heterocycles. The van der Waals surface area contributed by atoms with E-state index in [1.807, 2.05) is 13.8 Å². The number of rotatable bonds is 5. The molecule has 0 saturated carbocycles. The van der Waals surface area contributed by atoms with E-state index in [0.29, 0.717) is 10.3 Å². The van der Waals surface area contributed by atoms with E-state index < -0.39 is 33.8 Å². The topological polar surface area (TPSA) is 86.4 Å². The second-order valence-electron chi connectivity index (χ2n) is 7.38. The van der Waals surface area contributed by atoms with Gasteiger partial charge in [0.05, 0.1) is 17.0 Å². The minimum Gasteiger partial charge on any atom is -0.491 e. The van der Waals surface area contributed by atoms with Crippen LogP contribution in [0.25, 0.3) is 0 Å². The highest BCUT2D eigenvalue weighted by Crippen LogP contribution is 2.29. The molecule has 12 heteroatoms. The van der Waals surface area contributed by atoms with Crippen LogP contribution in [-0.2, 0) is 23.2 Å². The highest BCUT2D eigenvalue weighted by molar-refractivity contribution is 7.89. The lowest BCUT2D eigenvalue weighted by molar-refractivity contribution is -0.147. The Hall–Kier alpha value is -2.34. The largest absolute Gasteiger partial charge is 0.491 e. The van der Waals surface area contributed by atoms with Crippen molar-refractivity contribution in [2.75, 3.05) is 13.1 Å². The lowest BCUT2D eigenvalue weighted by Gasteiger charge is -2.30. The maximum Gasteiger partial charge on any atom is 0.451 e. The molecular weight excluding hydrogens is 425 g/mol. The number of hydrogen-bond donors (Lipinski definition) is 0. The van der Waals surface area contributed by atoms with Gasteiger partial charge in [-0.3, -0.25) is 4.57 Å². The molecule has 0 atom stereocenters. The number of ether oxygens (including phenoxy) is 1. The fraction of sp³-hybridized carbons (Fsp3) is 0.556. The Morgan fingerprint density at radius 3 is 2.17 bits per heavy atom. The van der Waals surface area contributed by atoms with Crippen LogP contribution in [0.4, 0.5) is 13.2 Å². The zero-order valence-corrected chi connectivity index (χ0v) is 17.6. The molecule has 2 aromatic rings. The first kappa shape index (κ1) is 22.3. The number of aromatic nitrogens is 3. The van der Waals surface area contributed by atoms with Crippen molar-refractivity contribution in [1.29, 1.82) is 0 Å². The van der Waals surface area contributed by atoms with E-state index in [1.165, 1.54) is 16.4 Å². The quantitative estimate of drug-likeness (QED) is 0.701. The van der Waals surface area contributed by atoms with Crippen molar-refractivity contribution in [3.8, 4) is 5.75 Å². The number of halogens is 3. The van der Waals surface area contributed by atoms with Crippen LogP contribution in [0.3, 0.4) is 0 Å². The Labute approximate surface area is 171 Å². The number of alkyl halides is 3. The summed E-state index contributed by atoms with van der Waals surface area (Å²) in [4.78, 5) is 12.3. The smallest absolute Gasteiger partial charge is 0.451 e. The third-order valence-corrected chi connectivity index (χ3v) is 6.77. The van der Waals surface area contributed by atoms with Crippen LogP contribution < -0.4 is 10.4 Å². The molecule has 1 aliphatic heterocycles. The van der Waals surface area contributed by atoms with Gasteiger partial charge in [0.2, 0.25) is 15.8 Å². The lowest BCUT2D eigenvalue weighted by atomic mass is 10.1. The lowest BCUT2D eigenvalue weighted by Crippen LogP contribution is -2.41. The minimum absolute atomic E-state index is 0.0423. The predicted molar refractivity (Wildman–Crippen MR) is 102 cm³/mol. The highest BCUT2D eigenvalue weighted by Gasteiger charge is 2.39. The summed E-state index contributed by atoms with van der Waals surface area (Å²) in [5.74, 6) is -0.719. The number of sulfonamides is 1. The monoisotopic (exact) mass is 448 g/mol. The summed E-state index contributed by atoms with van der Waals surface area (Å²) >= 11 is 0. The predicted octanol–water partition coefficient (Wildman–Crippen LogP) is 2.41. The summed E-state index contributed by atoms with van der Waals surface area (Å²) in [7, 11) is -2.75. The Morgan fingerprint density at radius 1 is 1.13 bits per heavy atom.